The van der Waals surface area contributed by atoms with E-state index in [4.69, 9.17) is 4.74 Å². The number of fused-ring (bicyclic) bond motifs is 5. The maximum atomic E-state index is 13.2. The van der Waals surface area contributed by atoms with Gasteiger partial charge in [0.05, 0.1) is 13.2 Å². The van der Waals surface area contributed by atoms with Crippen molar-refractivity contribution in [1.82, 2.24) is 20.5 Å². The molecule has 2 aliphatic rings. The zero-order chi connectivity index (χ0) is 26.1. The van der Waals surface area contributed by atoms with Crippen LogP contribution in [0.4, 0.5) is 0 Å². The molecule has 1 aromatic heterocycles. The van der Waals surface area contributed by atoms with Crippen LogP contribution in [0.15, 0.2) is 48.5 Å². The fourth-order valence-electron chi connectivity index (χ4n) is 6.26. The predicted molar refractivity (Wildman–Crippen MR) is 145 cm³/mol. The molecule has 0 saturated carbocycles. The molecule has 1 amide bonds. The van der Waals surface area contributed by atoms with Crippen LogP contribution in [0.5, 0.6) is 0 Å². The number of hydrogen-bond acceptors (Lipinski definition) is 5. The second kappa shape index (κ2) is 10.7. The third-order valence-corrected chi connectivity index (χ3v) is 8.07. The van der Waals surface area contributed by atoms with Crippen LogP contribution < -0.4 is 10.6 Å². The molecule has 196 valence electrons. The van der Waals surface area contributed by atoms with Gasteiger partial charge in [-0.2, -0.15) is 0 Å². The first-order chi connectivity index (χ1) is 17.9. The lowest BCUT2D eigenvalue weighted by Gasteiger charge is -2.50. The van der Waals surface area contributed by atoms with Crippen molar-refractivity contribution in [2.45, 2.75) is 70.1 Å². The number of para-hydroxylation sites is 1. The van der Waals surface area contributed by atoms with Gasteiger partial charge in [0, 0.05) is 55.1 Å². The van der Waals surface area contributed by atoms with Gasteiger partial charge in [0.15, 0.2) is 0 Å². The molecule has 4 atom stereocenters. The first-order valence-electron chi connectivity index (χ1n) is 13.4. The highest BCUT2D eigenvalue weighted by molar-refractivity contribution is 5.87. The lowest BCUT2D eigenvalue weighted by atomic mass is 9.79. The third-order valence-electron chi connectivity index (χ3n) is 8.07. The van der Waals surface area contributed by atoms with E-state index in [1.807, 2.05) is 6.07 Å². The minimum Gasteiger partial charge on any atom is -0.468 e. The fraction of sp³-hybridized carbons (Fsp3) is 0.467. The number of aromatic amines is 1. The van der Waals surface area contributed by atoms with Crippen molar-refractivity contribution >= 4 is 22.8 Å². The molecule has 0 radical (unpaired) electrons. The van der Waals surface area contributed by atoms with Crippen LogP contribution in [-0.4, -0.2) is 54.0 Å². The van der Waals surface area contributed by atoms with Crippen LogP contribution in [0.25, 0.3) is 10.9 Å². The van der Waals surface area contributed by atoms with E-state index >= 15 is 0 Å². The molecule has 7 nitrogen and oxygen atoms in total. The molecule has 0 unspecified atom stereocenters. The third kappa shape index (κ3) is 5.03. The molecule has 2 aliphatic heterocycles. The normalized spacial score (nSPS) is 23.5. The van der Waals surface area contributed by atoms with Crippen molar-refractivity contribution in [1.29, 1.82) is 0 Å². The van der Waals surface area contributed by atoms with E-state index in [0.717, 1.165) is 18.4 Å². The van der Waals surface area contributed by atoms with Crippen molar-refractivity contribution < 1.29 is 14.3 Å². The number of nitrogens with one attached hydrogen (secondary N) is 3. The van der Waals surface area contributed by atoms with E-state index in [1.165, 1.54) is 34.9 Å². The van der Waals surface area contributed by atoms with Crippen LogP contribution in [0.2, 0.25) is 0 Å². The smallest absolute Gasteiger partial charge is 0.323 e. The number of methoxy groups -OCH3 is 1. The van der Waals surface area contributed by atoms with Gasteiger partial charge in [0.1, 0.15) is 6.04 Å². The fourth-order valence-corrected chi connectivity index (χ4v) is 6.26. The van der Waals surface area contributed by atoms with Gasteiger partial charge in [-0.15, -0.1) is 0 Å². The summed E-state index contributed by atoms with van der Waals surface area (Å²) in [5.41, 5.74) is 6.06. The molecule has 7 heteroatoms. The number of piperidine rings is 1. The van der Waals surface area contributed by atoms with E-state index in [-0.39, 0.29) is 36.0 Å². The van der Waals surface area contributed by atoms with Crippen molar-refractivity contribution in [3.8, 4) is 0 Å². The summed E-state index contributed by atoms with van der Waals surface area (Å²) in [6.07, 6.45) is 2.37. The van der Waals surface area contributed by atoms with E-state index in [1.54, 1.807) is 6.92 Å². The molecular formula is C30H38N4O3. The Hall–Kier alpha value is -3.16. The number of rotatable bonds is 7. The van der Waals surface area contributed by atoms with Crippen LogP contribution in [0.3, 0.4) is 0 Å². The highest BCUT2D eigenvalue weighted by Gasteiger charge is 2.48. The largest absolute Gasteiger partial charge is 0.468 e. The lowest BCUT2D eigenvalue weighted by Crippen LogP contribution is -2.56. The maximum Gasteiger partial charge on any atom is 0.323 e. The minimum atomic E-state index is -0.350. The zero-order valence-electron chi connectivity index (χ0n) is 22.2. The number of esters is 1. The number of carbonyl (C=O) groups is 2. The quantitative estimate of drug-likeness (QED) is 0.330. The predicted octanol–water partition coefficient (Wildman–Crippen LogP) is 4.36. The summed E-state index contributed by atoms with van der Waals surface area (Å²) >= 11 is 0. The molecule has 3 heterocycles. The molecule has 5 rings (SSSR count). The Morgan fingerprint density at radius 2 is 1.78 bits per heavy atom. The Bertz CT molecular complexity index is 1270. The second-order valence-electron chi connectivity index (χ2n) is 10.7. The zero-order valence-corrected chi connectivity index (χ0v) is 22.2. The van der Waals surface area contributed by atoms with Gasteiger partial charge in [0.25, 0.3) is 0 Å². The van der Waals surface area contributed by atoms with E-state index in [2.05, 4.69) is 76.8 Å². The lowest BCUT2D eigenvalue weighted by molar-refractivity contribution is -0.152. The van der Waals surface area contributed by atoms with Crippen LogP contribution in [0.1, 0.15) is 74.0 Å². The van der Waals surface area contributed by atoms with E-state index in [9.17, 15) is 9.59 Å². The Balaban J connectivity index is 1.55. The van der Waals surface area contributed by atoms with Crippen LogP contribution in [0, 0.1) is 0 Å². The van der Waals surface area contributed by atoms with Gasteiger partial charge in [-0.1, -0.05) is 56.3 Å². The number of aromatic nitrogens is 1. The number of benzene rings is 2. The van der Waals surface area contributed by atoms with E-state index < -0.39 is 0 Å². The van der Waals surface area contributed by atoms with Gasteiger partial charge in [-0.25, -0.2) is 0 Å². The summed E-state index contributed by atoms with van der Waals surface area (Å²) in [6.45, 7) is 7.25. The minimum absolute atomic E-state index is 0.0179. The van der Waals surface area contributed by atoms with Crippen molar-refractivity contribution in [3.63, 3.8) is 0 Å². The summed E-state index contributed by atoms with van der Waals surface area (Å²) in [7, 11) is 1.49. The average Bonchev–Trinajstić information content (AvgIpc) is 3.28. The van der Waals surface area contributed by atoms with Gasteiger partial charge in [0.2, 0.25) is 5.91 Å². The van der Waals surface area contributed by atoms with Gasteiger partial charge >= 0.3 is 5.97 Å². The van der Waals surface area contributed by atoms with Gasteiger partial charge < -0.3 is 20.4 Å². The SMILES string of the molecule is COC(=O)[C@@H]1Cc2c([nH]c3ccccc23)[C@H]2C[C@@H](NCCNC(C)=O)C[C@@H](c3ccc(C(C)C)cc3)N21. The van der Waals surface area contributed by atoms with Crippen molar-refractivity contribution in [2.24, 2.45) is 0 Å². The number of ether oxygens (including phenoxy) is 1. The molecule has 37 heavy (non-hydrogen) atoms. The first-order valence-corrected chi connectivity index (χ1v) is 13.4. The van der Waals surface area contributed by atoms with E-state index in [0.29, 0.717) is 25.4 Å². The van der Waals surface area contributed by atoms with Gasteiger partial charge in [-0.3, -0.25) is 14.5 Å². The highest BCUT2D eigenvalue weighted by Crippen LogP contribution is 2.48. The molecule has 0 spiro atoms. The topological polar surface area (TPSA) is 86.5 Å². The molecule has 0 bridgehead atoms. The number of nitrogens with zero attached hydrogens (tertiary/aromatic N) is 1. The molecule has 1 saturated heterocycles. The Morgan fingerprint density at radius 3 is 2.49 bits per heavy atom. The first kappa shape index (κ1) is 25.5. The van der Waals surface area contributed by atoms with Crippen LogP contribution >= 0.6 is 0 Å². The maximum absolute atomic E-state index is 13.2. The second-order valence-corrected chi connectivity index (χ2v) is 10.7. The monoisotopic (exact) mass is 502 g/mol. The summed E-state index contributed by atoms with van der Waals surface area (Å²) in [5, 5.41) is 7.76. The Morgan fingerprint density at radius 1 is 1.05 bits per heavy atom. The number of hydrogen-bond donors (Lipinski definition) is 3. The molecule has 0 aliphatic carbocycles. The number of amides is 1. The standard InChI is InChI=1S/C30H38N4O3/c1-18(2)20-9-11-21(12-10-20)26-15-22(32-14-13-31-19(3)35)16-27-29-24(17-28(34(26)27)30(36)37-4)23-7-5-6-8-25(23)33-29/h5-12,18,22,26-28,32-33H,13-17H2,1-4H3,(H,31,35)/t22-,26-,27+,28-/m0/s1. The molecule has 3 aromatic rings. The van der Waals surface area contributed by atoms with Gasteiger partial charge in [-0.05, 0) is 41.5 Å². The van der Waals surface area contributed by atoms with Crippen LogP contribution in [-0.2, 0) is 20.7 Å². The number of carbonyl (C=O) groups excluding carboxylic acids is 2. The summed E-state index contributed by atoms with van der Waals surface area (Å²) in [5.74, 6) is 0.264. The summed E-state index contributed by atoms with van der Waals surface area (Å²) < 4.78 is 5.36. The average molecular weight is 503 g/mol. The van der Waals surface area contributed by atoms with Crippen molar-refractivity contribution in [3.05, 3.63) is 70.9 Å². The molecule has 1 fully saturated rings. The Labute approximate surface area is 219 Å². The molecule has 3 N–H and O–H groups in total. The molecular weight excluding hydrogens is 464 g/mol. The Kier molecular flexibility index (Phi) is 7.36. The summed E-state index contributed by atoms with van der Waals surface area (Å²) in [4.78, 5) is 30.7. The highest BCUT2D eigenvalue weighted by atomic mass is 16.5. The molecule has 2 aromatic carbocycles. The summed E-state index contributed by atoms with van der Waals surface area (Å²) in [6, 6.07) is 17.2. The van der Waals surface area contributed by atoms with Crippen molar-refractivity contribution in [2.75, 3.05) is 20.2 Å². The number of H-pyrrole nitrogens is 1.